The van der Waals surface area contributed by atoms with Crippen LogP contribution < -0.4 is 0 Å². The van der Waals surface area contributed by atoms with Crippen LogP contribution in [0.5, 0.6) is 0 Å². The van der Waals surface area contributed by atoms with Crippen molar-refractivity contribution in [3.05, 3.63) is 39.7 Å². The average Bonchev–Trinajstić information content (AvgIpc) is 2.25. The minimum Gasteiger partial charge on any atom is -0.288 e. The molecule has 1 aromatic heterocycles. The fourth-order valence-corrected chi connectivity index (χ4v) is 1.57. The van der Waals surface area contributed by atoms with Gasteiger partial charge in [-0.25, -0.2) is 0 Å². The van der Waals surface area contributed by atoms with Crippen molar-refractivity contribution >= 4 is 28.6 Å². The summed E-state index contributed by atoms with van der Waals surface area (Å²) in [7, 11) is 0. The summed E-state index contributed by atoms with van der Waals surface area (Å²) in [5.74, 6) is 0.553. The normalized spacial score (nSPS) is 10.7. The van der Waals surface area contributed by atoms with Crippen molar-refractivity contribution in [1.82, 2.24) is 4.98 Å². The molecule has 0 aliphatic heterocycles. The quantitative estimate of drug-likeness (QED) is 0.608. The highest BCUT2D eigenvalue weighted by molar-refractivity contribution is 8.13. The summed E-state index contributed by atoms with van der Waals surface area (Å²) < 4.78 is 0. The number of pyridine rings is 1. The predicted octanol–water partition coefficient (Wildman–Crippen LogP) is 2.59. The van der Waals surface area contributed by atoms with Crippen LogP contribution in [0.15, 0.2) is 18.3 Å². The summed E-state index contributed by atoms with van der Waals surface area (Å²) in [4.78, 5) is 24.7. The van der Waals surface area contributed by atoms with E-state index in [0.717, 1.165) is 5.69 Å². The fourth-order valence-electron chi connectivity index (χ4n) is 1.15. The van der Waals surface area contributed by atoms with Crippen molar-refractivity contribution in [3.8, 4) is 0 Å². The van der Waals surface area contributed by atoms with Crippen LogP contribution in [0.25, 0.3) is 6.08 Å². The number of rotatable bonds is 4. The fraction of sp³-hybridized carbons (Fsp3) is 0.273. The number of nitrogens with zero attached hydrogens (tertiary/aromatic N) is 2. The summed E-state index contributed by atoms with van der Waals surface area (Å²) in [5, 5.41) is 10.6. The monoisotopic (exact) mass is 252 g/mol. The van der Waals surface area contributed by atoms with Gasteiger partial charge in [0.15, 0.2) is 5.12 Å². The zero-order chi connectivity index (χ0) is 12.8. The lowest BCUT2D eigenvalue weighted by Crippen LogP contribution is -1.93. The van der Waals surface area contributed by atoms with Crippen molar-refractivity contribution in [2.45, 2.75) is 13.8 Å². The van der Waals surface area contributed by atoms with Gasteiger partial charge in [-0.1, -0.05) is 23.9 Å². The van der Waals surface area contributed by atoms with Crippen LogP contribution in [0, 0.1) is 17.0 Å². The van der Waals surface area contributed by atoms with E-state index < -0.39 is 4.92 Å². The lowest BCUT2D eigenvalue weighted by molar-refractivity contribution is -0.385. The van der Waals surface area contributed by atoms with Crippen molar-refractivity contribution in [2.75, 3.05) is 5.75 Å². The Morgan fingerprint density at radius 2 is 2.35 bits per heavy atom. The van der Waals surface area contributed by atoms with Gasteiger partial charge in [0.25, 0.3) is 5.69 Å². The molecular formula is C11H12N2O3S. The molecule has 17 heavy (non-hydrogen) atoms. The molecule has 0 aliphatic carbocycles. The van der Waals surface area contributed by atoms with Gasteiger partial charge in [-0.3, -0.25) is 19.9 Å². The molecule has 0 bridgehead atoms. The maximum Gasteiger partial charge on any atom is 0.288 e. The Labute approximate surface area is 103 Å². The van der Waals surface area contributed by atoms with Crippen molar-refractivity contribution < 1.29 is 9.72 Å². The van der Waals surface area contributed by atoms with Gasteiger partial charge in [0.05, 0.1) is 4.92 Å². The lowest BCUT2D eigenvalue weighted by atomic mass is 10.2. The first-order valence-corrected chi connectivity index (χ1v) is 5.90. The molecule has 0 unspecified atom stereocenters. The minimum absolute atomic E-state index is 0.0329. The van der Waals surface area contributed by atoms with E-state index in [1.807, 2.05) is 0 Å². The maximum atomic E-state index is 10.7. The largest absolute Gasteiger partial charge is 0.288 e. The summed E-state index contributed by atoms with van der Waals surface area (Å²) in [6.07, 6.45) is 4.77. The summed E-state index contributed by atoms with van der Waals surface area (Å²) >= 11 is 1.19. The number of aromatic nitrogens is 1. The Morgan fingerprint density at radius 1 is 1.65 bits per heavy atom. The first-order valence-electron chi connectivity index (χ1n) is 4.91. The summed E-state index contributed by atoms with van der Waals surface area (Å²) in [6, 6.07) is 1.47. The number of nitro groups is 1. The van der Waals surface area contributed by atoms with E-state index in [1.165, 1.54) is 30.9 Å². The average molecular weight is 252 g/mol. The number of thioether (sulfide) groups is 1. The summed E-state index contributed by atoms with van der Waals surface area (Å²) in [6.45, 7) is 3.28. The SMILES string of the molecule is CC(=O)SCC=Cc1cc([N+](=O)[O-])cnc1C. The molecule has 0 saturated carbocycles. The second kappa shape index (κ2) is 6.15. The highest BCUT2D eigenvalue weighted by atomic mass is 32.2. The van der Waals surface area contributed by atoms with Crippen LogP contribution in [-0.2, 0) is 4.79 Å². The molecule has 0 aromatic carbocycles. The third kappa shape index (κ3) is 4.36. The van der Waals surface area contributed by atoms with Gasteiger partial charge in [-0.2, -0.15) is 0 Å². The van der Waals surface area contributed by atoms with Crippen LogP contribution in [0.1, 0.15) is 18.2 Å². The number of hydrogen-bond acceptors (Lipinski definition) is 5. The summed E-state index contributed by atoms with van der Waals surface area (Å²) in [5.41, 5.74) is 1.39. The van der Waals surface area contributed by atoms with E-state index in [-0.39, 0.29) is 10.8 Å². The predicted molar refractivity (Wildman–Crippen MR) is 67.8 cm³/mol. The van der Waals surface area contributed by atoms with E-state index in [2.05, 4.69) is 4.98 Å². The van der Waals surface area contributed by atoms with Crippen molar-refractivity contribution in [1.29, 1.82) is 0 Å². The third-order valence-electron chi connectivity index (χ3n) is 2.00. The molecule has 1 aromatic rings. The van der Waals surface area contributed by atoms with Crippen LogP contribution in [0.3, 0.4) is 0 Å². The molecule has 0 radical (unpaired) electrons. The molecule has 90 valence electrons. The van der Waals surface area contributed by atoms with E-state index in [0.29, 0.717) is 11.3 Å². The van der Waals surface area contributed by atoms with Gasteiger partial charge in [0, 0.05) is 30.0 Å². The van der Waals surface area contributed by atoms with Gasteiger partial charge in [-0.15, -0.1) is 0 Å². The van der Waals surface area contributed by atoms with Crippen LogP contribution in [0.4, 0.5) is 5.69 Å². The highest BCUT2D eigenvalue weighted by Crippen LogP contribution is 2.16. The molecule has 0 amide bonds. The molecule has 0 saturated heterocycles. The topological polar surface area (TPSA) is 73.1 Å². The van der Waals surface area contributed by atoms with E-state index in [1.54, 1.807) is 19.1 Å². The Kier molecular flexibility index (Phi) is 4.84. The van der Waals surface area contributed by atoms with Crippen molar-refractivity contribution in [3.63, 3.8) is 0 Å². The molecular weight excluding hydrogens is 240 g/mol. The lowest BCUT2D eigenvalue weighted by Gasteiger charge is -1.98. The second-order valence-electron chi connectivity index (χ2n) is 3.33. The third-order valence-corrected chi connectivity index (χ3v) is 2.77. The Morgan fingerprint density at radius 3 is 2.94 bits per heavy atom. The van der Waals surface area contributed by atoms with E-state index in [9.17, 15) is 14.9 Å². The standard InChI is InChI=1S/C11H12N2O3S/c1-8-10(4-3-5-17-9(2)14)6-11(7-12-8)13(15)16/h3-4,6-7H,5H2,1-2H3. The zero-order valence-corrected chi connectivity index (χ0v) is 10.4. The molecule has 1 heterocycles. The van der Waals surface area contributed by atoms with E-state index >= 15 is 0 Å². The second-order valence-corrected chi connectivity index (χ2v) is 4.53. The molecule has 0 N–H and O–H groups in total. The number of hydrogen-bond donors (Lipinski definition) is 0. The van der Waals surface area contributed by atoms with E-state index in [4.69, 9.17) is 0 Å². The maximum absolute atomic E-state index is 10.7. The molecule has 5 nitrogen and oxygen atoms in total. The Balaban J connectivity index is 2.79. The zero-order valence-electron chi connectivity index (χ0n) is 9.54. The Bertz CT molecular complexity index is 472. The van der Waals surface area contributed by atoms with Gasteiger partial charge < -0.3 is 0 Å². The van der Waals surface area contributed by atoms with Gasteiger partial charge in [-0.05, 0) is 6.92 Å². The number of aryl methyl sites for hydroxylation is 1. The van der Waals surface area contributed by atoms with Crippen LogP contribution in [-0.4, -0.2) is 20.8 Å². The smallest absolute Gasteiger partial charge is 0.288 e. The van der Waals surface area contributed by atoms with Gasteiger partial charge >= 0.3 is 0 Å². The van der Waals surface area contributed by atoms with Crippen LogP contribution in [0.2, 0.25) is 0 Å². The van der Waals surface area contributed by atoms with Gasteiger partial charge in [0.2, 0.25) is 0 Å². The first-order chi connectivity index (χ1) is 8.00. The highest BCUT2D eigenvalue weighted by Gasteiger charge is 2.07. The molecule has 0 atom stereocenters. The van der Waals surface area contributed by atoms with Crippen molar-refractivity contribution in [2.24, 2.45) is 0 Å². The van der Waals surface area contributed by atoms with Crippen LogP contribution >= 0.6 is 11.8 Å². The molecule has 0 spiro atoms. The molecule has 1 rings (SSSR count). The molecule has 0 aliphatic rings. The van der Waals surface area contributed by atoms with Gasteiger partial charge in [0.1, 0.15) is 6.20 Å². The number of carbonyl (C=O) groups excluding carboxylic acids is 1. The number of carbonyl (C=O) groups is 1. The molecule has 0 fully saturated rings. The Hall–Kier alpha value is -1.69. The first kappa shape index (κ1) is 13.4. The molecule has 6 heteroatoms. The minimum atomic E-state index is -0.478.